The Kier molecular flexibility index (Phi) is 6.36. The SMILES string of the molecule is Cc1cc(C(=O)COC(=O)c2csc(-c3ncccn3)n2)c(C)n1-c1cc(Cl)cc(Cl)c1. The van der Waals surface area contributed by atoms with Gasteiger partial charge in [0.2, 0.25) is 5.78 Å². The van der Waals surface area contributed by atoms with E-state index < -0.39 is 12.6 Å². The zero-order valence-corrected chi connectivity index (χ0v) is 19.3. The summed E-state index contributed by atoms with van der Waals surface area (Å²) in [7, 11) is 0. The number of nitrogens with zero attached hydrogens (tertiary/aromatic N) is 4. The Morgan fingerprint density at radius 3 is 2.44 bits per heavy atom. The van der Waals surface area contributed by atoms with Crippen molar-refractivity contribution in [3.8, 4) is 16.5 Å². The average Bonchev–Trinajstić information content (AvgIpc) is 3.36. The molecule has 4 aromatic rings. The van der Waals surface area contributed by atoms with Crippen LogP contribution in [0.1, 0.15) is 32.2 Å². The molecule has 32 heavy (non-hydrogen) atoms. The van der Waals surface area contributed by atoms with Crippen LogP contribution in [-0.2, 0) is 4.74 Å². The molecule has 0 amide bonds. The number of benzene rings is 1. The first-order valence-electron chi connectivity index (χ1n) is 9.42. The number of hydrogen-bond acceptors (Lipinski definition) is 7. The second-order valence-corrected chi connectivity index (χ2v) is 8.59. The van der Waals surface area contributed by atoms with Gasteiger partial charge in [-0.25, -0.2) is 19.7 Å². The van der Waals surface area contributed by atoms with E-state index in [4.69, 9.17) is 27.9 Å². The van der Waals surface area contributed by atoms with E-state index in [1.807, 2.05) is 18.4 Å². The van der Waals surface area contributed by atoms with Gasteiger partial charge in [-0.15, -0.1) is 11.3 Å². The quantitative estimate of drug-likeness (QED) is 0.269. The first-order valence-corrected chi connectivity index (χ1v) is 11.1. The van der Waals surface area contributed by atoms with Crippen LogP contribution in [0.5, 0.6) is 0 Å². The molecule has 10 heteroatoms. The van der Waals surface area contributed by atoms with E-state index in [-0.39, 0.29) is 11.5 Å². The van der Waals surface area contributed by atoms with Gasteiger partial charge in [-0.05, 0) is 44.2 Å². The number of esters is 1. The van der Waals surface area contributed by atoms with Crippen molar-refractivity contribution >= 4 is 46.3 Å². The number of hydrogen-bond donors (Lipinski definition) is 0. The van der Waals surface area contributed by atoms with Crippen LogP contribution in [0.3, 0.4) is 0 Å². The third kappa shape index (κ3) is 4.57. The normalized spacial score (nSPS) is 10.9. The molecule has 0 aliphatic heterocycles. The maximum Gasteiger partial charge on any atom is 0.358 e. The van der Waals surface area contributed by atoms with Crippen molar-refractivity contribution in [1.82, 2.24) is 19.5 Å². The molecule has 0 fully saturated rings. The summed E-state index contributed by atoms with van der Waals surface area (Å²) >= 11 is 13.5. The highest BCUT2D eigenvalue weighted by Gasteiger charge is 2.20. The van der Waals surface area contributed by atoms with E-state index in [1.165, 1.54) is 11.3 Å². The molecule has 0 unspecified atom stereocenters. The molecule has 0 saturated heterocycles. The highest BCUT2D eigenvalue weighted by molar-refractivity contribution is 7.13. The van der Waals surface area contributed by atoms with Crippen LogP contribution < -0.4 is 0 Å². The predicted octanol–water partition coefficient (Wildman–Crippen LogP) is 5.35. The molecule has 0 atom stereocenters. The molecule has 0 aliphatic rings. The monoisotopic (exact) mass is 486 g/mol. The first kappa shape index (κ1) is 22.1. The van der Waals surface area contributed by atoms with E-state index in [0.29, 0.717) is 32.1 Å². The van der Waals surface area contributed by atoms with E-state index in [9.17, 15) is 9.59 Å². The molecular formula is C22H16Cl2N4O3S. The summed E-state index contributed by atoms with van der Waals surface area (Å²) in [6.07, 6.45) is 3.18. The van der Waals surface area contributed by atoms with Crippen molar-refractivity contribution in [2.75, 3.05) is 6.61 Å². The lowest BCUT2D eigenvalue weighted by molar-refractivity contribution is 0.0469. The summed E-state index contributed by atoms with van der Waals surface area (Å²) in [5, 5.41) is 3.02. The highest BCUT2D eigenvalue weighted by atomic mass is 35.5. The fourth-order valence-corrected chi connectivity index (χ4v) is 4.52. The van der Waals surface area contributed by atoms with Gasteiger partial charge in [0.15, 0.2) is 23.1 Å². The number of ether oxygens (including phenoxy) is 1. The lowest BCUT2D eigenvalue weighted by atomic mass is 10.1. The number of carbonyl (C=O) groups is 2. The predicted molar refractivity (Wildman–Crippen MR) is 123 cm³/mol. The summed E-state index contributed by atoms with van der Waals surface area (Å²) in [5.74, 6) is -0.596. The molecule has 7 nitrogen and oxygen atoms in total. The summed E-state index contributed by atoms with van der Waals surface area (Å²) in [4.78, 5) is 37.6. The molecule has 4 rings (SSSR count). The summed E-state index contributed by atoms with van der Waals surface area (Å²) < 4.78 is 7.08. The van der Waals surface area contributed by atoms with Crippen molar-refractivity contribution in [1.29, 1.82) is 0 Å². The van der Waals surface area contributed by atoms with E-state index in [0.717, 1.165) is 11.4 Å². The third-order valence-electron chi connectivity index (χ3n) is 4.64. The Morgan fingerprint density at radius 1 is 1.06 bits per heavy atom. The molecule has 0 bridgehead atoms. The minimum absolute atomic E-state index is 0.101. The Labute approximate surface area is 197 Å². The average molecular weight is 487 g/mol. The number of aromatic nitrogens is 4. The number of aryl methyl sites for hydroxylation is 1. The topological polar surface area (TPSA) is 87.0 Å². The number of ketones is 1. The fourth-order valence-electron chi connectivity index (χ4n) is 3.27. The van der Waals surface area contributed by atoms with Gasteiger partial charge in [-0.1, -0.05) is 23.2 Å². The minimum atomic E-state index is -0.688. The van der Waals surface area contributed by atoms with E-state index in [2.05, 4.69) is 15.0 Å². The molecule has 0 N–H and O–H groups in total. The van der Waals surface area contributed by atoms with Crippen molar-refractivity contribution in [3.05, 3.63) is 80.8 Å². The minimum Gasteiger partial charge on any atom is -0.453 e. The molecule has 3 aromatic heterocycles. The molecule has 3 heterocycles. The lowest BCUT2D eigenvalue weighted by Crippen LogP contribution is -2.15. The van der Waals surface area contributed by atoms with E-state index in [1.54, 1.807) is 48.1 Å². The van der Waals surface area contributed by atoms with Crippen LogP contribution >= 0.6 is 34.5 Å². The molecular weight excluding hydrogens is 471 g/mol. The number of Topliss-reactive ketones (excluding diaryl/α,β-unsaturated/α-hetero) is 1. The zero-order valence-electron chi connectivity index (χ0n) is 17.0. The Morgan fingerprint density at radius 2 is 1.75 bits per heavy atom. The lowest BCUT2D eigenvalue weighted by Gasteiger charge is -2.11. The number of halogens is 2. The molecule has 0 radical (unpaired) electrons. The van der Waals surface area contributed by atoms with Gasteiger partial charge in [0.25, 0.3) is 0 Å². The molecule has 1 aromatic carbocycles. The summed E-state index contributed by atoms with van der Waals surface area (Å²) in [6, 6.07) is 8.60. The standard InChI is InChI=1S/C22H16Cl2N4O3S/c1-12-6-17(13(2)28(12)16-8-14(23)7-15(24)9-16)19(29)10-31-22(30)18-11-32-21(27-18)20-25-4-3-5-26-20/h3-9,11H,10H2,1-2H3. The number of carbonyl (C=O) groups excluding carboxylic acids is 2. The smallest absolute Gasteiger partial charge is 0.358 e. The van der Waals surface area contributed by atoms with Crippen LogP contribution in [0, 0.1) is 13.8 Å². The van der Waals surface area contributed by atoms with Crippen molar-refractivity contribution in [3.63, 3.8) is 0 Å². The second-order valence-electron chi connectivity index (χ2n) is 6.86. The van der Waals surface area contributed by atoms with Crippen molar-refractivity contribution in [2.45, 2.75) is 13.8 Å². The van der Waals surface area contributed by atoms with E-state index >= 15 is 0 Å². The van der Waals surface area contributed by atoms with Gasteiger partial charge in [-0.3, -0.25) is 4.79 Å². The van der Waals surface area contributed by atoms with Crippen LogP contribution in [0.15, 0.2) is 48.1 Å². The molecule has 0 aliphatic carbocycles. The van der Waals surface area contributed by atoms with Crippen LogP contribution in [-0.4, -0.2) is 37.9 Å². The van der Waals surface area contributed by atoms with Crippen LogP contribution in [0.25, 0.3) is 16.5 Å². The highest BCUT2D eigenvalue weighted by Crippen LogP contribution is 2.27. The largest absolute Gasteiger partial charge is 0.453 e. The molecule has 0 spiro atoms. The maximum absolute atomic E-state index is 12.8. The van der Waals surface area contributed by atoms with Gasteiger partial charge < -0.3 is 9.30 Å². The second kappa shape index (κ2) is 9.20. The Balaban J connectivity index is 1.48. The third-order valence-corrected chi connectivity index (χ3v) is 5.92. The number of rotatable bonds is 6. The summed E-state index contributed by atoms with van der Waals surface area (Å²) in [6.45, 7) is 3.27. The first-order chi connectivity index (χ1) is 15.3. The van der Waals surface area contributed by atoms with Gasteiger partial charge in [0, 0.05) is 50.5 Å². The number of thiazole rings is 1. The van der Waals surface area contributed by atoms with Crippen LogP contribution in [0.2, 0.25) is 10.0 Å². The van der Waals surface area contributed by atoms with Gasteiger partial charge in [-0.2, -0.15) is 0 Å². The van der Waals surface area contributed by atoms with Gasteiger partial charge in [0.1, 0.15) is 0 Å². The maximum atomic E-state index is 12.8. The van der Waals surface area contributed by atoms with Crippen LogP contribution in [0.4, 0.5) is 0 Å². The van der Waals surface area contributed by atoms with Crippen molar-refractivity contribution < 1.29 is 14.3 Å². The fraction of sp³-hybridized carbons (Fsp3) is 0.136. The summed E-state index contributed by atoms with van der Waals surface area (Å²) in [5.41, 5.74) is 2.81. The van der Waals surface area contributed by atoms with Gasteiger partial charge in [0.05, 0.1) is 0 Å². The molecule has 162 valence electrons. The zero-order chi connectivity index (χ0) is 22.8. The Bertz CT molecular complexity index is 1300. The van der Waals surface area contributed by atoms with Gasteiger partial charge >= 0.3 is 5.97 Å². The van der Waals surface area contributed by atoms with Crippen molar-refractivity contribution in [2.24, 2.45) is 0 Å². The Hall–Kier alpha value is -3.07. The molecule has 0 saturated carbocycles.